The lowest BCUT2D eigenvalue weighted by molar-refractivity contribution is 0.0733. The Hall–Kier alpha value is -4.58. The van der Waals surface area contributed by atoms with E-state index in [0.717, 1.165) is 48.8 Å². The van der Waals surface area contributed by atoms with Crippen LogP contribution in [0.4, 0.5) is 4.79 Å². The van der Waals surface area contributed by atoms with Crippen LogP contribution in [0.15, 0.2) is 103 Å². The van der Waals surface area contributed by atoms with Crippen molar-refractivity contribution in [2.45, 2.75) is 70.1 Å². The standard InChI is InChI=1S/C38H39NO5/c1-38-22-10-4-9-15-31(35(38)39-37(41)43-26-28-13-7-3-8-14-28)23-30-18-21-33(24-34(30)38)44-36(40)29-16-19-32(20-17-29)42-25-27-11-5-2-6-12-27/h2-3,5-8,11-14,16-21,24,31,35H,4,9-10,15,22-23,25-26H2,1H3,(H,39,41)/t31-,35-,38+/m0/s1. The van der Waals surface area contributed by atoms with E-state index in [1.807, 2.05) is 72.8 Å². The number of hydrogen-bond donors (Lipinski definition) is 1. The zero-order valence-corrected chi connectivity index (χ0v) is 25.2. The molecule has 2 aliphatic carbocycles. The van der Waals surface area contributed by atoms with E-state index < -0.39 is 12.1 Å². The second kappa shape index (κ2) is 13.4. The van der Waals surface area contributed by atoms with Crippen LogP contribution in [-0.4, -0.2) is 18.1 Å². The average molecular weight is 590 g/mol. The van der Waals surface area contributed by atoms with Gasteiger partial charge in [0.1, 0.15) is 24.7 Å². The van der Waals surface area contributed by atoms with Crippen LogP contribution in [0.3, 0.4) is 0 Å². The SMILES string of the molecule is C[C@@]12CCCCC[C@@H](Cc3ccc(OC(=O)c4ccc(OCc5ccccc5)cc4)cc31)[C@@H]2NC(=O)OCc1ccccc1. The summed E-state index contributed by atoms with van der Waals surface area (Å²) in [5.74, 6) is 1.08. The van der Waals surface area contributed by atoms with Crippen LogP contribution >= 0.6 is 0 Å². The van der Waals surface area contributed by atoms with E-state index in [1.54, 1.807) is 24.3 Å². The summed E-state index contributed by atoms with van der Waals surface area (Å²) in [4.78, 5) is 26.2. The quantitative estimate of drug-likeness (QED) is 0.166. The fraction of sp³-hybridized carbons (Fsp3) is 0.316. The topological polar surface area (TPSA) is 73.9 Å². The minimum atomic E-state index is -0.421. The molecule has 1 saturated carbocycles. The third-order valence-corrected chi connectivity index (χ3v) is 9.14. The van der Waals surface area contributed by atoms with Gasteiger partial charge in [0.15, 0.2) is 0 Å². The van der Waals surface area contributed by atoms with Gasteiger partial charge in [0.05, 0.1) is 5.56 Å². The summed E-state index contributed by atoms with van der Waals surface area (Å²) in [5, 5.41) is 3.27. The molecule has 2 aliphatic rings. The molecule has 1 N–H and O–H groups in total. The first-order valence-corrected chi connectivity index (χ1v) is 15.6. The minimum Gasteiger partial charge on any atom is -0.489 e. The van der Waals surface area contributed by atoms with Gasteiger partial charge >= 0.3 is 12.1 Å². The molecule has 4 aromatic carbocycles. The van der Waals surface area contributed by atoms with Gasteiger partial charge in [0.2, 0.25) is 0 Å². The normalized spacial score (nSPS) is 20.8. The van der Waals surface area contributed by atoms with Gasteiger partial charge in [-0.25, -0.2) is 9.59 Å². The highest BCUT2D eigenvalue weighted by atomic mass is 16.5. The van der Waals surface area contributed by atoms with E-state index in [2.05, 4.69) is 18.3 Å². The van der Waals surface area contributed by atoms with Crippen LogP contribution in [0, 0.1) is 5.92 Å². The fourth-order valence-electron chi connectivity index (χ4n) is 6.81. The molecule has 3 atom stereocenters. The summed E-state index contributed by atoms with van der Waals surface area (Å²) in [6.07, 6.45) is 5.86. The van der Waals surface area contributed by atoms with E-state index in [-0.39, 0.29) is 18.1 Å². The van der Waals surface area contributed by atoms with Crippen LogP contribution in [-0.2, 0) is 29.8 Å². The van der Waals surface area contributed by atoms with Gasteiger partial charge in [-0.15, -0.1) is 0 Å². The Bertz CT molecular complexity index is 1570. The summed E-state index contributed by atoms with van der Waals surface area (Å²) in [5.41, 5.74) is 4.57. The molecule has 0 spiro atoms. The Labute approximate surface area is 259 Å². The molecule has 0 aliphatic heterocycles. The molecule has 6 nitrogen and oxygen atoms in total. The number of alkyl carbamates (subject to hydrolysis) is 1. The molecule has 0 aromatic heterocycles. The van der Waals surface area contributed by atoms with Crippen molar-refractivity contribution in [2.24, 2.45) is 5.92 Å². The predicted octanol–water partition coefficient (Wildman–Crippen LogP) is 8.17. The van der Waals surface area contributed by atoms with Gasteiger partial charge in [-0.3, -0.25) is 0 Å². The number of nitrogens with one attached hydrogen (secondary N) is 1. The summed E-state index contributed by atoms with van der Waals surface area (Å²) in [6.45, 7) is 2.93. The molecule has 6 rings (SSSR count). The monoisotopic (exact) mass is 589 g/mol. The van der Waals surface area contributed by atoms with Crippen molar-refractivity contribution in [1.82, 2.24) is 5.32 Å². The number of fused-ring (bicyclic) bond motifs is 4. The lowest BCUT2D eigenvalue weighted by atomic mass is 9.59. The number of carbonyl (C=O) groups is 2. The Kier molecular flexibility index (Phi) is 8.96. The number of amides is 1. The van der Waals surface area contributed by atoms with Crippen molar-refractivity contribution < 1.29 is 23.8 Å². The Morgan fingerprint density at radius 3 is 2.20 bits per heavy atom. The zero-order chi connectivity index (χ0) is 30.4. The highest BCUT2D eigenvalue weighted by Crippen LogP contribution is 2.47. The van der Waals surface area contributed by atoms with Crippen LogP contribution in [0.25, 0.3) is 0 Å². The Morgan fingerprint density at radius 2 is 1.48 bits per heavy atom. The molecule has 6 heteroatoms. The number of benzene rings is 4. The van der Waals surface area contributed by atoms with E-state index in [0.29, 0.717) is 29.6 Å². The highest BCUT2D eigenvalue weighted by Gasteiger charge is 2.47. The van der Waals surface area contributed by atoms with Crippen LogP contribution < -0.4 is 14.8 Å². The van der Waals surface area contributed by atoms with Gasteiger partial charge in [0.25, 0.3) is 0 Å². The maximum Gasteiger partial charge on any atom is 0.407 e. The number of rotatable bonds is 8. The van der Waals surface area contributed by atoms with Crippen LogP contribution in [0.5, 0.6) is 11.5 Å². The molecule has 226 valence electrons. The van der Waals surface area contributed by atoms with Gasteiger partial charge < -0.3 is 19.5 Å². The largest absolute Gasteiger partial charge is 0.489 e. The second-order valence-electron chi connectivity index (χ2n) is 12.2. The Balaban J connectivity index is 1.15. The van der Waals surface area contributed by atoms with E-state index in [9.17, 15) is 9.59 Å². The number of carbonyl (C=O) groups excluding carboxylic acids is 2. The molecular formula is C38H39NO5. The van der Waals surface area contributed by atoms with Crippen molar-refractivity contribution >= 4 is 12.1 Å². The lowest BCUT2D eigenvalue weighted by Gasteiger charge is -2.49. The van der Waals surface area contributed by atoms with Crippen LogP contribution in [0.1, 0.15) is 71.6 Å². The number of esters is 1. The van der Waals surface area contributed by atoms with Gasteiger partial charge in [-0.05, 0) is 83.8 Å². The molecule has 44 heavy (non-hydrogen) atoms. The molecule has 1 fully saturated rings. The summed E-state index contributed by atoms with van der Waals surface area (Å²) >= 11 is 0. The first-order valence-electron chi connectivity index (χ1n) is 15.6. The van der Waals surface area contributed by atoms with E-state index >= 15 is 0 Å². The van der Waals surface area contributed by atoms with Crippen molar-refractivity contribution in [2.75, 3.05) is 0 Å². The summed E-state index contributed by atoms with van der Waals surface area (Å²) < 4.78 is 17.4. The Morgan fingerprint density at radius 1 is 0.795 bits per heavy atom. The van der Waals surface area contributed by atoms with Gasteiger partial charge in [0, 0.05) is 11.5 Å². The molecule has 0 radical (unpaired) electrons. The van der Waals surface area contributed by atoms with E-state index in [4.69, 9.17) is 14.2 Å². The minimum absolute atomic E-state index is 0.0760. The lowest BCUT2D eigenvalue weighted by Crippen LogP contribution is -2.57. The smallest absolute Gasteiger partial charge is 0.407 e. The van der Waals surface area contributed by atoms with E-state index in [1.165, 1.54) is 12.0 Å². The first kappa shape index (κ1) is 29.5. The second-order valence-corrected chi connectivity index (χ2v) is 12.2. The summed E-state index contributed by atoms with van der Waals surface area (Å²) in [6, 6.07) is 32.6. The third kappa shape index (κ3) is 6.80. The maximum atomic E-state index is 13.1. The van der Waals surface area contributed by atoms with Crippen LogP contribution in [0.2, 0.25) is 0 Å². The predicted molar refractivity (Wildman–Crippen MR) is 170 cm³/mol. The average Bonchev–Trinajstić information content (AvgIpc) is 3.05. The number of hydrogen-bond acceptors (Lipinski definition) is 5. The number of ether oxygens (including phenoxy) is 3. The maximum absolute atomic E-state index is 13.1. The molecule has 0 heterocycles. The molecule has 4 aromatic rings. The summed E-state index contributed by atoms with van der Waals surface area (Å²) in [7, 11) is 0. The molecule has 1 amide bonds. The first-order chi connectivity index (χ1) is 21.5. The fourth-order valence-corrected chi connectivity index (χ4v) is 6.81. The van der Waals surface area contributed by atoms with Gasteiger partial charge in [-0.1, -0.05) is 92.9 Å². The molecule has 2 bridgehead atoms. The van der Waals surface area contributed by atoms with Crippen molar-refractivity contribution in [1.29, 1.82) is 0 Å². The van der Waals surface area contributed by atoms with Crippen molar-refractivity contribution in [3.63, 3.8) is 0 Å². The van der Waals surface area contributed by atoms with Crippen molar-refractivity contribution in [3.05, 3.63) is 131 Å². The molecular weight excluding hydrogens is 550 g/mol. The third-order valence-electron chi connectivity index (χ3n) is 9.14. The highest BCUT2D eigenvalue weighted by molar-refractivity contribution is 5.91. The zero-order valence-electron chi connectivity index (χ0n) is 25.2. The molecule has 0 saturated heterocycles. The molecule has 0 unspecified atom stereocenters. The van der Waals surface area contributed by atoms with Crippen molar-refractivity contribution in [3.8, 4) is 11.5 Å². The van der Waals surface area contributed by atoms with Gasteiger partial charge in [-0.2, -0.15) is 0 Å².